The van der Waals surface area contributed by atoms with E-state index in [1.165, 1.54) is 83.5 Å². The average molecular weight is 860 g/mol. The molecule has 0 radical (unpaired) electrons. The Balaban J connectivity index is 1.87. The first-order chi connectivity index (χ1) is 29.1. The molecule has 352 valence electrons. The molecule has 2 rings (SSSR count). The van der Waals surface area contributed by atoms with Crippen LogP contribution in [-0.4, -0.2) is 140 Å². The van der Waals surface area contributed by atoms with E-state index in [4.69, 9.17) is 18.9 Å². The van der Waals surface area contributed by atoms with Gasteiger partial charge in [-0.1, -0.05) is 141 Å². The molecule has 1 amide bonds. The van der Waals surface area contributed by atoms with Gasteiger partial charge in [0.15, 0.2) is 12.6 Å². The number of hydrogen-bond acceptors (Lipinski definition) is 13. The second-order valence-corrected chi connectivity index (χ2v) is 16.9. The molecule has 2 heterocycles. The Labute approximate surface area is 360 Å². The summed E-state index contributed by atoms with van der Waals surface area (Å²) in [5.74, 6) is -0.251. The third kappa shape index (κ3) is 21.7. The highest BCUT2D eigenvalue weighted by molar-refractivity contribution is 5.76. The van der Waals surface area contributed by atoms with Crippen LogP contribution in [0.1, 0.15) is 168 Å². The topological polar surface area (TPSA) is 228 Å². The van der Waals surface area contributed by atoms with Crippen molar-refractivity contribution in [1.29, 1.82) is 0 Å². The van der Waals surface area contributed by atoms with E-state index < -0.39 is 86.8 Å². The van der Waals surface area contributed by atoms with Gasteiger partial charge in [-0.25, -0.2) is 0 Å². The summed E-state index contributed by atoms with van der Waals surface area (Å²) in [6, 6.07) is -0.913. The van der Waals surface area contributed by atoms with Crippen LogP contribution in [0, 0.1) is 0 Å². The minimum absolute atomic E-state index is 0.251. The maximum absolute atomic E-state index is 13.1. The summed E-state index contributed by atoms with van der Waals surface area (Å²) in [4.78, 5) is 13.1. The largest absolute Gasteiger partial charge is 0.394 e. The SMILES string of the molecule is CCCCCCCCC/C=C\CCCCCCCC(=O)NC(COC1OC(CO)C(OC2OC(CO)C(O)C(O)C2O)C(O)C1O)C(O)/C=C/CCCCCCCCCC. The van der Waals surface area contributed by atoms with Gasteiger partial charge in [-0.3, -0.25) is 4.79 Å². The molecule has 2 aliphatic heterocycles. The molecule has 0 saturated carbocycles. The zero-order chi connectivity index (χ0) is 44.0. The summed E-state index contributed by atoms with van der Waals surface area (Å²) in [5.41, 5.74) is 0. The lowest BCUT2D eigenvalue weighted by Gasteiger charge is -2.46. The van der Waals surface area contributed by atoms with Crippen LogP contribution in [0.5, 0.6) is 0 Å². The molecule has 12 atom stereocenters. The first kappa shape index (κ1) is 54.6. The molecular formula is C46H85NO13. The number of aliphatic hydroxyl groups excluding tert-OH is 8. The second-order valence-electron chi connectivity index (χ2n) is 16.9. The normalized spacial score (nSPS) is 28.4. The molecular weight excluding hydrogens is 774 g/mol. The number of allylic oxidation sites excluding steroid dienone is 3. The third-order valence-electron chi connectivity index (χ3n) is 11.6. The second kappa shape index (κ2) is 34.0. The maximum atomic E-state index is 13.1. The van der Waals surface area contributed by atoms with E-state index in [0.717, 1.165) is 57.8 Å². The minimum atomic E-state index is -1.79. The highest BCUT2D eigenvalue weighted by Crippen LogP contribution is 2.30. The number of ether oxygens (including phenoxy) is 4. The number of carbonyl (C=O) groups excluding carboxylic acids is 1. The van der Waals surface area contributed by atoms with Crippen LogP contribution in [0.25, 0.3) is 0 Å². The lowest BCUT2D eigenvalue weighted by atomic mass is 9.97. The molecule has 0 aromatic rings. The Morgan fingerprint density at radius 3 is 1.58 bits per heavy atom. The van der Waals surface area contributed by atoms with Crippen molar-refractivity contribution in [2.24, 2.45) is 0 Å². The Morgan fingerprint density at radius 1 is 0.583 bits per heavy atom. The van der Waals surface area contributed by atoms with Crippen molar-refractivity contribution >= 4 is 5.91 Å². The molecule has 2 fully saturated rings. The molecule has 0 aromatic carbocycles. The van der Waals surface area contributed by atoms with Gasteiger partial charge in [-0.2, -0.15) is 0 Å². The predicted molar refractivity (Wildman–Crippen MR) is 231 cm³/mol. The Morgan fingerprint density at radius 2 is 1.05 bits per heavy atom. The minimum Gasteiger partial charge on any atom is -0.394 e. The Hall–Kier alpha value is -1.53. The number of nitrogens with one attached hydrogen (secondary N) is 1. The average Bonchev–Trinajstić information content (AvgIpc) is 3.24. The summed E-state index contributed by atoms with van der Waals surface area (Å²) in [5, 5.41) is 86.4. The van der Waals surface area contributed by atoms with Crippen LogP contribution >= 0.6 is 0 Å². The van der Waals surface area contributed by atoms with Crippen molar-refractivity contribution < 1.29 is 64.6 Å². The van der Waals surface area contributed by atoms with Gasteiger partial charge in [0.1, 0.15) is 48.8 Å². The number of aliphatic hydroxyl groups is 8. The van der Waals surface area contributed by atoms with Gasteiger partial charge >= 0.3 is 0 Å². The molecule has 2 aliphatic rings. The molecule has 60 heavy (non-hydrogen) atoms. The lowest BCUT2D eigenvalue weighted by molar-refractivity contribution is -0.359. The predicted octanol–water partition coefficient (Wildman–Crippen LogP) is 4.99. The molecule has 0 bridgehead atoms. The smallest absolute Gasteiger partial charge is 0.220 e. The van der Waals surface area contributed by atoms with Crippen LogP contribution in [-0.2, 0) is 23.7 Å². The maximum Gasteiger partial charge on any atom is 0.220 e. The van der Waals surface area contributed by atoms with E-state index in [0.29, 0.717) is 6.42 Å². The van der Waals surface area contributed by atoms with Crippen LogP contribution in [0.3, 0.4) is 0 Å². The molecule has 2 saturated heterocycles. The van der Waals surface area contributed by atoms with Crippen LogP contribution in [0.2, 0.25) is 0 Å². The highest BCUT2D eigenvalue weighted by Gasteiger charge is 2.50. The van der Waals surface area contributed by atoms with Crippen molar-refractivity contribution in [3.63, 3.8) is 0 Å². The van der Waals surface area contributed by atoms with Crippen LogP contribution in [0.4, 0.5) is 0 Å². The van der Waals surface area contributed by atoms with E-state index in [2.05, 4.69) is 31.3 Å². The van der Waals surface area contributed by atoms with E-state index in [-0.39, 0.29) is 18.9 Å². The summed E-state index contributed by atoms with van der Waals surface area (Å²) >= 11 is 0. The summed E-state index contributed by atoms with van der Waals surface area (Å²) < 4.78 is 22.6. The van der Waals surface area contributed by atoms with Gasteiger partial charge in [-0.05, 0) is 44.9 Å². The van der Waals surface area contributed by atoms with Gasteiger partial charge in [0.25, 0.3) is 0 Å². The van der Waals surface area contributed by atoms with Crippen LogP contribution < -0.4 is 5.32 Å². The van der Waals surface area contributed by atoms with E-state index >= 15 is 0 Å². The number of unbranched alkanes of at least 4 members (excludes halogenated alkanes) is 20. The lowest BCUT2D eigenvalue weighted by Crippen LogP contribution is -2.65. The first-order valence-corrected chi connectivity index (χ1v) is 23.6. The number of amides is 1. The van der Waals surface area contributed by atoms with Gasteiger partial charge in [0.2, 0.25) is 5.91 Å². The fraction of sp³-hybridized carbons (Fsp3) is 0.891. The fourth-order valence-electron chi connectivity index (χ4n) is 7.70. The number of rotatable bonds is 35. The van der Waals surface area contributed by atoms with Gasteiger partial charge in [-0.15, -0.1) is 0 Å². The van der Waals surface area contributed by atoms with Gasteiger partial charge < -0.3 is 65.1 Å². The highest BCUT2D eigenvalue weighted by atomic mass is 16.7. The summed E-state index contributed by atoms with van der Waals surface area (Å²) in [6.07, 6.45) is 18.0. The van der Waals surface area contributed by atoms with E-state index in [1.807, 2.05) is 6.08 Å². The molecule has 9 N–H and O–H groups in total. The standard InChI is InChI=1S/C46H85NO13/c1-3-5-7-9-11-13-15-16-17-18-19-20-22-24-26-28-30-38(51)47-34(35(50)29-27-25-23-21-14-12-10-8-6-4-2)33-57-45-43(56)41(54)44(37(32-49)59-45)60-46-42(55)40(53)39(52)36(31-48)58-46/h17-18,27,29,34-37,39-46,48-50,52-56H,3-16,19-26,28,30-33H2,1-2H3,(H,47,51)/b18-17-,29-27+. The van der Waals surface area contributed by atoms with Crippen molar-refractivity contribution in [2.45, 2.75) is 242 Å². The third-order valence-corrected chi connectivity index (χ3v) is 11.6. The van der Waals surface area contributed by atoms with Gasteiger partial charge in [0, 0.05) is 6.42 Å². The molecule has 0 spiro atoms. The van der Waals surface area contributed by atoms with E-state index in [9.17, 15) is 45.6 Å². The van der Waals surface area contributed by atoms with Crippen molar-refractivity contribution in [1.82, 2.24) is 5.32 Å². The number of hydrogen-bond donors (Lipinski definition) is 9. The zero-order valence-corrected chi connectivity index (χ0v) is 36.9. The molecule has 14 heteroatoms. The van der Waals surface area contributed by atoms with E-state index in [1.54, 1.807) is 6.08 Å². The van der Waals surface area contributed by atoms with Crippen molar-refractivity contribution in [3.8, 4) is 0 Å². The van der Waals surface area contributed by atoms with Gasteiger partial charge in [0.05, 0.1) is 32.0 Å². The zero-order valence-electron chi connectivity index (χ0n) is 36.9. The molecule has 0 aliphatic carbocycles. The number of carbonyl (C=O) groups is 1. The van der Waals surface area contributed by atoms with Crippen molar-refractivity contribution in [3.05, 3.63) is 24.3 Å². The Kier molecular flexibility index (Phi) is 30.9. The quantitative estimate of drug-likeness (QED) is 0.0303. The van der Waals surface area contributed by atoms with Crippen molar-refractivity contribution in [2.75, 3.05) is 19.8 Å². The molecule has 12 unspecified atom stereocenters. The summed E-state index contributed by atoms with van der Waals surface area (Å²) in [7, 11) is 0. The molecule has 14 nitrogen and oxygen atoms in total. The molecule has 0 aromatic heterocycles. The van der Waals surface area contributed by atoms with Crippen LogP contribution in [0.15, 0.2) is 24.3 Å². The fourth-order valence-corrected chi connectivity index (χ4v) is 7.70. The Bertz CT molecular complexity index is 1110. The summed E-state index contributed by atoms with van der Waals surface area (Å²) in [6.45, 7) is 2.73. The first-order valence-electron chi connectivity index (χ1n) is 23.6. The monoisotopic (exact) mass is 860 g/mol.